The second-order valence-electron chi connectivity index (χ2n) is 6.56. The van der Waals surface area contributed by atoms with Crippen molar-refractivity contribution in [1.82, 2.24) is 20.4 Å². The Labute approximate surface area is 133 Å². The molecule has 120 valence electrons. The van der Waals surface area contributed by atoms with E-state index in [0.29, 0.717) is 11.7 Å². The minimum atomic E-state index is -0.0178. The maximum atomic E-state index is 12.7. The van der Waals surface area contributed by atoms with Crippen LogP contribution in [0.2, 0.25) is 0 Å². The molecule has 1 aromatic rings. The monoisotopic (exact) mass is 314 g/mol. The summed E-state index contributed by atoms with van der Waals surface area (Å²) < 4.78 is 0. The van der Waals surface area contributed by atoms with E-state index in [0.717, 1.165) is 38.2 Å². The molecule has 6 heteroatoms. The number of hydrogen-bond acceptors (Lipinski definition) is 3. The van der Waals surface area contributed by atoms with Crippen molar-refractivity contribution in [3.05, 3.63) is 17.5 Å². The molecular formula is C15H27ClN4O. The first-order valence-corrected chi connectivity index (χ1v) is 7.51. The molecular weight excluding hydrogens is 288 g/mol. The fraction of sp³-hybridized carbons (Fsp3) is 0.733. The van der Waals surface area contributed by atoms with E-state index in [4.69, 9.17) is 0 Å². The lowest BCUT2D eigenvalue weighted by atomic mass is 9.92. The molecule has 2 rings (SSSR count). The summed E-state index contributed by atoms with van der Waals surface area (Å²) in [5.41, 5.74) is 1.52. The molecule has 1 aliphatic heterocycles. The molecule has 1 amide bonds. The van der Waals surface area contributed by atoms with E-state index in [-0.39, 0.29) is 23.7 Å². The van der Waals surface area contributed by atoms with Gasteiger partial charge in [-0.15, -0.1) is 12.4 Å². The van der Waals surface area contributed by atoms with Crippen LogP contribution in [-0.2, 0) is 5.41 Å². The fourth-order valence-corrected chi connectivity index (χ4v) is 2.56. The van der Waals surface area contributed by atoms with Gasteiger partial charge in [0.2, 0.25) is 0 Å². The molecule has 1 aromatic heterocycles. The van der Waals surface area contributed by atoms with Crippen LogP contribution in [0.4, 0.5) is 0 Å². The fourth-order valence-electron chi connectivity index (χ4n) is 2.56. The van der Waals surface area contributed by atoms with Crippen molar-refractivity contribution >= 4 is 18.3 Å². The summed E-state index contributed by atoms with van der Waals surface area (Å²) >= 11 is 0. The smallest absolute Gasteiger partial charge is 0.274 e. The number of aromatic nitrogens is 2. The largest absolute Gasteiger partial charge is 0.333 e. The number of halogens is 1. The predicted octanol–water partition coefficient (Wildman–Crippen LogP) is 2.34. The van der Waals surface area contributed by atoms with Gasteiger partial charge in [-0.2, -0.15) is 5.10 Å². The number of rotatable bonds is 4. The zero-order chi connectivity index (χ0) is 14.8. The van der Waals surface area contributed by atoms with Gasteiger partial charge in [-0.3, -0.25) is 9.89 Å². The lowest BCUT2D eigenvalue weighted by molar-refractivity contribution is 0.0686. The number of carbonyl (C=O) groups is 1. The van der Waals surface area contributed by atoms with Crippen LogP contribution < -0.4 is 5.32 Å². The first-order chi connectivity index (χ1) is 9.43. The number of carbonyl (C=O) groups excluding carboxylic acids is 1. The van der Waals surface area contributed by atoms with Crippen LogP contribution in [0.25, 0.3) is 0 Å². The van der Waals surface area contributed by atoms with Crippen molar-refractivity contribution in [2.45, 2.75) is 52.0 Å². The van der Waals surface area contributed by atoms with Crippen molar-refractivity contribution in [3.63, 3.8) is 0 Å². The Hall–Kier alpha value is -1.07. The Morgan fingerprint density at radius 1 is 1.48 bits per heavy atom. The van der Waals surface area contributed by atoms with Crippen LogP contribution in [0.15, 0.2) is 6.07 Å². The summed E-state index contributed by atoms with van der Waals surface area (Å²) in [5, 5.41) is 10.5. The maximum absolute atomic E-state index is 12.7. The average molecular weight is 315 g/mol. The van der Waals surface area contributed by atoms with E-state index in [1.54, 1.807) is 0 Å². The van der Waals surface area contributed by atoms with E-state index in [9.17, 15) is 4.79 Å². The van der Waals surface area contributed by atoms with Gasteiger partial charge in [0.25, 0.3) is 5.91 Å². The standard InChI is InChI=1S/C15H26N4O.ClH/c1-5-8-19(11-6-7-16-10-11)14(20)12-9-13(18-17-12)15(2,3)4;/h9,11,16H,5-8,10H2,1-4H3,(H,17,18);1H. The minimum absolute atomic E-state index is 0. The van der Waals surface area contributed by atoms with Gasteiger partial charge in [0.05, 0.1) is 0 Å². The highest BCUT2D eigenvalue weighted by Gasteiger charge is 2.29. The number of hydrogen-bond donors (Lipinski definition) is 2. The highest BCUT2D eigenvalue weighted by molar-refractivity contribution is 5.92. The Balaban J connectivity index is 0.00000220. The molecule has 2 N–H and O–H groups in total. The second kappa shape index (κ2) is 7.27. The van der Waals surface area contributed by atoms with E-state index in [2.05, 4.69) is 43.2 Å². The van der Waals surface area contributed by atoms with Gasteiger partial charge in [-0.1, -0.05) is 27.7 Å². The average Bonchev–Trinajstić information content (AvgIpc) is 3.04. The molecule has 0 bridgehead atoms. The minimum Gasteiger partial charge on any atom is -0.333 e. The zero-order valence-corrected chi connectivity index (χ0v) is 14.2. The Bertz CT molecular complexity index is 460. The van der Waals surface area contributed by atoms with E-state index in [1.807, 2.05) is 11.0 Å². The molecule has 1 fully saturated rings. The van der Waals surface area contributed by atoms with Crippen molar-refractivity contribution in [2.24, 2.45) is 0 Å². The Morgan fingerprint density at radius 2 is 2.19 bits per heavy atom. The maximum Gasteiger partial charge on any atom is 0.274 e. The van der Waals surface area contributed by atoms with Crippen LogP contribution in [0.3, 0.4) is 0 Å². The topological polar surface area (TPSA) is 61.0 Å². The normalized spacial score (nSPS) is 18.4. The number of nitrogens with one attached hydrogen (secondary N) is 2. The first-order valence-electron chi connectivity index (χ1n) is 7.51. The third kappa shape index (κ3) is 4.20. The molecule has 1 atom stereocenters. The van der Waals surface area contributed by atoms with Crippen LogP contribution in [0.1, 0.15) is 56.7 Å². The second-order valence-corrected chi connectivity index (χ2v) is 6.56. The molecule has 2 heterocycles. The summed E-state index contributed by atoms with van der Waals surface area (Å²) in [7, 11) is 0. The Kier molecular flexibility index (Phi) is 6.23. The van der Waals surface area contributed by atoms with Gasteiger partial charge in [0.1, 0.15) is 5.69 Å². The number of amides is 1. The summed E-state index contributed by atoms with van der Waals surface area (Å²) in [4.78, 5) is 14.7. The van der Waals surface area contributed by atoms with Crippen LogP contribution in [-0.4, -0.2) is 46.7 Å². The van der Waals surface area contributed by atoms with Gasteiger partial charge < -0.3 is 10.2 Å². The molecule has 0 aliphatic carbocycles. The molecule has 0 spiro atoms. The van der Waals surface area contributed by atoms with Gasteiger partial charge in [0, 0.05) is 30.2 Å². The van der Waals surface area contributed by atoms with Crippen LogP contribution in [0, 0.1) is 0 Å². The van der Waals surface area contributed by atoms with Crippen molar-refractivity contribution < 1.29 is 4.79 Å². The van der Waals surface area contributed by atoms with E-state index in [1.165, 1.54) is 0 Å². The zero-order valence-electron chi connectivity index (χ0n) is 13.4. The lowest BCUT2D eigenvalue weighted by Gasteiger charge is -2.27. The summed E-state index contributed by atoms with van der Waals surface area (Å²) in [5.74, 6) is 0.0484. The Morgan fingerprint density at radius 3 is 2.67 bits per heavy atom. The van der Waals surface area contributed by atoms with E-state index >= 15 is 0 Å². The molecule has 5 nitrogen and oxygen atoms in total. The molecule has 0 saturated carbocycles. The number of aromatic amines is 1. The lowest BCUT2D eigenvalue weighted by Crippen LogP contribution is -2.42. The highest BCUT2D eigenvalue weighted by Crippen LogP contribution is 2.21. The predicted molar refractivity (Wildman–Crippen MR) is 87.1 cm³/mol. The van der Waals surface area contributed by atoms with E-state index < -0.39 is 0 Å². The van der Waals surface area contributed by atoms with Gasteiger partial charge in [-0.25, -0.2) is 0 Å². The van der Waals surface area contributed by atoms with Crippen molar-refractivity contribution in [1.29, 1.82) is 0 Å². The molecule has 21 heavy (non-hydrogen) atoms. The van der Waals surface area contributed by atoms with Crippen LogP contribution >= 0.6 is 12.4 Å². The van der Waals surface area contributed by atoms with Crippen molar-refractivity contribution in [3.8, 4) is 0 Å². The number of H-pyrrole nitrogens is 1. The summed E-state index contributed by atoms with van der Waals surface area (Å²) in [6, 6.07) is 2.20. The first kappa shape index (κ1) is 18.0. The van der Waals surface area contributed by atoms with Gasteiger partial charge >= 0.3 is 0 Å². The molecule has 1 aliphatic rings. The SMILES string of the molecule is CCCN(C(=O)c1cc(C(C)(C)C)[nH]n1)C1CCNC1.Cl. The number of nitrogens with zero attached hydrogens (tertiary/aromatic N) is 2. The van der Waals surface area contributed by atoms with Crippen molar-refractivity contribution in [2.75, 3.05) is 19.6 Å². The third-order valence-electron chi connectivity index (χ3n) is 3.81. The third-order valence-corrected chi connectivity index (χ3v) is 3.81. The quantitative estimate of drug-likeness (QED) is 0.896. The summed E-state index contributed by atoms with van der Waals surface area (Å²) in [6.45, 7) is 11.1. The molecule has 0 radical (unpaired) electrons. The molecule has 1 saturated heterocycles. The van der Waals surface area contributed by atoms with Gasteiger partial charge in [-0.05, 0) is 25.5 Å². The van der Waals surface area contributed by atoms with Gasteiger partial charge in [0.15, 0.2) is 0 Å². The highest BCUT2D eigenvalue weighted by atomic mass is 35.5. The molecule has 0 aromatic carbocycles. The molecule has 1 unspecified atom stereocenters. The van der Waals surface area contributed by atoms with Crippen LogP contribution in [0.5, 0.6) is 0 Å². The summed E-state index contributed by atoms with van der Waals surface area (Å²) in [6.07, 6.45) is 2.00.